The first-order valence-electron chi connectivity index (χ1n) is 3.85. The zero-order valence-electron chi connectivity index (χ0n) is 6.71. The van der Waals surface area contributed by atoms with Gasteiger partial charge >= 0.3 is 7.68 Å². The normalized spacial score (nSPS) is 18.9. The van der Waals surface area contributed by atoms with E-state index in [0.717, 1.165) is 5.56 Å². The number of fused-ring (bicyclic) bond motifs is 1. The fourth-order valence-electron chi connectivity index (χ4n) is 1.19. The summed E-state index contributed by atoms with van der Waals surface area (Å²) in [5.74, 6) is -0.195. The van der Waals surface area contributed by atoms with E-state index in [1.165, 1.54) is 6.08 Å². The van der Waals surface area contributed by atoms with E-state index in [9.17, 15) is 9.13 Å². The van der Waals surface area contributed by atoms with E-state index in [1.54, 1.807) is 12.1 Å². The van der Waals surface area contributed by atoms with Gasteiger partial charge in [0.1, 0.15) is 5.75 Å². The molecule has 0 aliphatic carbocycles. The maximum Gasteiger partial charge on any atom is 0.361 e. The van der Waals surface area contributed by atoms with Crippen molar-refractivity contribution in [3.05, 3.63) is 35.9 Å². The van der Waals surface area contributed by atoms with Gasteiger partial charge in [-0.1, -0.05) is 24.3 Å². The zero-order chi connectivity index (χ0) is 9.26. The number of ether oxygens (including phenoxy) is 1. The smallest absolute Gasteiger partial charge is 0.361 e. The lowest BCUT2D eigenvalue weighted by molar-refractivity contribution is 0.308. The highest BCUT2D eigenvalue weighted by Gasteiger charge is 2.17. The number of hydrogen-bond donors (Lipinski definition) is 0. The van der Waals surface area contributed by atoms with Crippen molar-refractivity contribution < 1.29 is 13.9 Å². The molecule has 66 valence electrons. The predicted octanol–water partition coefficient (Wildman–Crippen LogP) is 2.59. The van der Waals surface area contributed by atoms with Crippen LogP contribution in [0.5, 0.6) is 5.75 Å². The highest BCUT2D eigenvalue weighted by molar-refractivity contribution is 7.31. The second kappa shape index (κ2) is 3.19. The fourth-order valence-corrected chi connectivity index (χ4v) is 1.62. The van der Waals surface area contributed by atoms with E-state index in [2.05, 4.69) is 0 Å². The van der Waals surface area contributed by atoms with Crippen LogP contribution < -0.4 is 4.74 Å². The molecule has 4 heteroatoms. The van der Waals surface area contributed by atoms with Crippen molar-refractivity contribution in [3.63, 3.8) is 0 Å². The van der Waals surface area contributed by atoms with Gasteiger partial charge in [-0.25, -0.2) is 9.13 Å². The van der Waals surface area contributed by atoms with Crippen molar-refractivity contribution in [3.8, 4) is 5.75 Å². The molecule has 1 unspecified atom stereocenters. The summed E-state index contributed by atoms with van der Waals surface area (Å²) in [6.45, 7) is 0. The quantitative estimate of drug-likeness (QED) is 0.645. The summed E-state index contributed by atoms with van der Waals surface area (Å²) in [6.07, 6.45) is 3.29. The van der Waals surface area contributed by atoms with Crippen LogP contribution in [0.3, 0.4) is 0 Å². The van der Waals surface area contributed by atoms with Crippen molar-refractivity contribution >= 4 is 13.8 Å². The summed E-state index contributed by atoms with van der Waals surface area (Å²) in [4.78, 5) is 0. The summed E-state index contributed by atoms with van der Waals surface area (Å²) in [6, 6.07) is 7.32. The van der Waals surface area contributed by atoms with Crippen LogP contribution in [0.15, 0.2) is 30.3 Å². The predicted molar refractivity (Wildman–Crippen MR) is 48.2 cm³/mol. The number of rotatable bonds is 1. The molecule has 3 nitrogen and oxygen atoms in total. The Bertz CT molecular complexity index is 413. The molecule has 1 aromatic carbocycles. The average molecular weight is 194 g/mol. The van der Waals surface area contributed by atoms with E-state index in [1.807, 2.05) is 18.2 Å². The van der Waals surface area contributed by atoms with Gasteiger partial charge in [0.25, 0.3) is 0 Å². The standard InChI is InChI=1S/C9H7O3P/c10-13(11)9-6-5-7-3-1-2-4-8(7)12-9/h1-6,9H. The molecule has 0 radical (unpaired) electrons. The lowest BCUT2D eigenvalue weighted by atomic mass is 10.1. The minimum absolute atomic E-state index is 0.620. The molecule has 1 heterocycles. The third-order valence-corrected chi connectivity index (χ3v) is 2.51. The molecule has 0 saturated carbocycles. The SMILES string of the molecule is O=P(=O)C1C=Cc2ccccc2O1. The van der Waals surface area contributed by atoms with Crippen molar-refractivity contribution in [2.45, 2.75) is 5.85 Å². The lowest BCUT2D eigenvalue weighted by Crippen LogP contribution is -2.10. The Morgan fingerprint density at radius 2 is 2.00 bits per heavy atom. The molecular formula is C9H7O3P. The Morgan fingerprint density at radius 3 is 2.77 bits per heavy atom. The third kappa shape index (κ3) is 1.56. The van der Waals surface area contributed by atoms with E-state index in [4.69, 9.17) is 4.74 Å². The van der Waals surface area contributed by atoms with Crippen LogP contribution >= 0.6 is 7.68 Å². The minimum atomic E-state index is -2.55. The van der Waals surface area contributed by atoms with E-state index < -0.39 is 13.5 Å². The van der Waals surface area contributed by atoms with Gasteiger partial charge in [-0.3, -0.25) is 0 Å². The second-order valence-electron chi connectivity index (χ2n) is 2.69. The molecule has 2 rings (SSSR count). The van der Waals surface area contributed by atoms with Crippen molar-refractivity contribution in [1.82, 2.24) is 0 Å². The highest BCUT2D eigenvalue weighted by atomic mass is 31.1. The first kappa shape index (κ1) is 8.27. The van der Waals surface area contributed by atoms with Crippen molar-refractivity contribution in [2.75, 3.05) is 0 Å². The largest absolute Gasteiger partial charge is 0.471 e. The molecule has 1 aliphatic rings. The molecule has 0 spiro atoms. The molecule has 1 aromatic rings. The lowest BCUT2D eigenvalue weighted by Gasteiger charge is -2.15. The van der Waals surface area contributed by atoms with Crippen LogP contribution in [-0.2, 0) is 9.13 Å². The number of benzene rings is 1. The van der Waals surface area contributed by atoms with Crippen LogP contribution in [0.4, 0.5) is 0 Å². The number of para-hydroxylation sites is 1. The van der Waals surface area contributed by atoms with Crippen LogP contribution in [0.25, 0.3) is 6.08 Å². The maximum absolute atomic E-state index is 10.6. The van der Waals surface area contributed by atoms with E-state index >= 15 is 0 Å². The average Bonchev–Trinajstić information content (AvgIpc) is 2.17. The zero-order valence-corrected chi connectivity index (χ0v) is 7.61. The van der Waals surface area contributed by atoms with Crippen molar-refractivity contribution in [2.24, 2.45) is 0 Å². The summed E-state index contributed by atoms with van der Waals surface area (Å²) in [7, 11) is -2.55. The summed E-state index contributed by atoms with van der Waals surface area (Å²) in [5, 5.41) is 0. The van der Waals surface area contributed by atoms with Gasteiger partial charge in [0, 0.05) is 5.56 Å². The van der Waals surface area contributed by atoms with Crippen LogP contribution in [-0.4, -0.2) is 5.85 Å². The van der Waals surface area contributed by atoms with Gasteiger partial charge in [0.15, 0.2) is 0 Å². The molecule has 1 aliphatic heterocycles. The molecule has 0 saturated heterocycles. The maximum atomic E-state index is 10.6. The van der Waals surface area contributed by atoms with Crippen LogP contribution in [0, 0.1) is 0 Å². The Kier molecular flexibility index (Phi) is 2.03. The van der Waals surface area contributed by atoms with E-state index in [0.29, 0.717) is 5.75 Å². The first-order valence-corrected chi connectivity index (χ1v) is 5.09. The Balaban J connectivity index is 2.39. The first-order chi connectivity index (χ1) is 6.27. The molecule has 0 fully saturated rings. The monoisotopic (exact) mass is 194 g/mol. The minimum Gasteiger partial charge on any atom is -0.471 e. The summed E-state index contributed by atoms with van der Waals surface area (Å²) < 4.78 is 26.5. The molecular weight excluding hydrogens is 187 g/mol. The van der Waals surface area contributed by atoms with Gasteiger partial charge in [-0.2, -0.15) is 0 Å². The Labute approximate surface area is 75.9 Å². The van der Waals surface area contributed by atoms with Gasteiger partial charge in [-0.05, 0) is 12.1 Å². The second-order valence-corrected chi connectivity index (χ2v) is 3.77. The molecule has 0 bridgehead atoms. The van der Waals surface area contributed by atoms with Gasteiger partial charge < -0.3 is 4.74 Å². The van der Waals surface area contributed by atoms with Crippen LogP contribution in [0.2, 0.25) is 0 Å². The molecule has 0 aromatic heterocycles. The molecule has 13 heavy (non-hydrogen) atoms. The number of hydrogen-bond acceptors (Lipinski definition) is 3. The van der Waals surface area contributed by atoms with Gasteiger partial charge in [0.05, 0.1) is 0 Å². The van der Waals surface area contributed by atoms with Crippen molar-refractivity contribution in [1.29, 1.82) is 0 Å². The van der Waals surface area contributed by atoms with Crippen LogP contribution in [0.1, 0.15) is 5.56 Å². The van der Waals surface area contributed by atoms with Gasteiger partial charge in [-0.15, -0.1) is 0 Å². The highest BCUT2D eigenvalue weighted by Crippen LogP contribution is 2.30. The topological polar surface area (TPSA) is 43.4 Å². The molecule has 0 N–H and O–H groups in total. The molecule has 1 atom stereocenters. The Morgan fingerprint density at radius 1 is 1.23 bits per heavy atom. The fraction of sp³-hybridized carbons (Fsp3) is 0.111. The summed E-state index contributed by atoms with van der Waals surface area (Å²) in [5.41, 5.74) is 0.913. The Hall–Kier alpha value is -1.34. The third-order valence-electron chi connectivity index (χ3n) is 1.81. The summed E-state index contributed by atoms with van der Waals surface area (Å²) >= 11 is 0. The van der Waals surface area contributed by atoms with E-state index in [-0.39, 0.29) is 0 Å². The molecule has 0 amide bonds. The van der Waals surface area contributed by atoms with Gasteiger partial charge in [0.2, 0.25) is 5.85 Å².